The number of nitrogens with two attached hydrogens (primary N) is 1. The molecule has 1 aromatic rings. The van der Waals surface area contributed by atoms with Crippen LogP contribution in [-0.4, -0.2) is 41.5 Å². The van der Waals surface area contributed by atoms with Crippen molar-refractivity contribution in [3.05, 3.63) is 12.3 Å². The maximum atomic E-state index is 11.8. The van der Waals surface area contributed by atoms with Gasteiger partial charge in [0.05, 0.1) is 19.4 Å². The van der Waals surface area contributed by atoms with Crippen molar-refractivity contribution < 1.29 is 9.53 Å². The van der Waals surface area contributed by atoms with Crippen molar-refractivity contribution in [2.75, 3.05) is 25.5 Å². The first-order valence-electron chi connectivity index (χ1n) is 4.44. The van der Waals surface area contributed by atoms with Crippen molar-refractivity contribution in [2.45, 2.75) is 6.04 Å². The standard InChI is InChI=1S/C8H12N4O2/c9-7-1-2-11-12(7)8(13)6-5-14-4-3-10-6/h1-2,6,10H,3-5,9H2. The number of anilines is 1. The number of carbonyl (C=O) groups is 1. The maximum absolute atomic E-state index is 11.8. The molecule has 1 atom stereocenters. The van der Waals surface area contributed by atoms with E-state index in [0.717, 1.165) is 0 Å². The van der Waals surface area contributed by atoms with Gasteiger partial charge in [0.1, 0.15) is 11.9 Å². The number of ether oxygens (including phenoxy) is 1. The Hall–Kier alpha value is -1.40. The molecule has 1 saturated heterocycles. The van der Waals surface area contributed by atoms with Crippen LogP contribution >= 0.6 is 0 Å². The van der Waals surface area contributed by atoms with Crippen LogP contribution in [0.15, 0.2) is 12.3 Å². The zero-order valence-corrected chi connectivity index (χ0v) is 7.64. The SMILES string of the molecule is Nc1ccnn1C(=O)C1COCCN1. The zero-order chi connectivity index (χ0) is 9.97. The Labute approximate surface area is 81.0 Å². The van der Waals surface area contributed by atoms with Gasteiger partial charge in [-0.15, -0.1) is 0 Å². The Balaban J connectivity index is 2.11. The second-order valence-electron chi connectivity index (χ2n) is 3.09. The normalized spacial score (nSPS) is 22.1. The Morgan fingerprint density at radius 3 is 3.21 bits per heavy atom. The van der Waals surface area contributed by atoms with Crippen molar-refractivity contribution in [1.82, 2.24) is 15.1 Å². The molecule has 3 N–H and O–H groups in total. The molecule has 0 bridgehead atoms. The third-order valence-corrected chi connectivity index (χ3v) is 2.10. The minimum Gasteiger partial charge on any atom is -0.383 e. The van der Waals surface area contributed by atoms with E-state index in [9.17, 15) is 4.79 Å². The van der Waals surface area contributed by atoms with Gasteiger partial charge in [-0.1, -0.05) is 0 Å². The Morgan fingerprint density at radius 2 is 2.64 bits per heavy atom. The third kappa shape index (κ3) is 1.61. The number of carbonyl (C=O) groups excluding carboxylic acids is 1. The highest BCUT2D eigenvalue weighted by molar-refractivity contribution is 5.86. The van der Waals surface area contributed by atoms with Gasteiger partial charge in [0.25, 0.3) is 5.91 Å². The van der Waals surface area contributed by atoms with Crippen LogP contribution in [-0.2, 0) is 4.74 Å². The van der Waals surface area contributed by atoms with E-state index in [-0.39, 0.29) is 11.9 Å². The molecule has 1 unspecified atom stereocenters. The molecule has 1 aliphatic rings. The van der Waals surface area contributed by atoms with E-state index in [2.05, 4.69) is 10.4 Å². The Kier molecular flexibility index (Phi) is 2.47. The first-order chi connectivity index (χ1) is 6.79. The summed E-state index contributed by atoms with van der Waals surface area (Å²) in [7, 11) is 0. The van der Waals surface area contributed by atoms with Crippen LogP contribution in [0.3, 0.4) is 0 Å². The monoisotopic (exact) mass is 196 g/mol. The van der Waals surface area contributed by atoms with E-state index in [0.29, 0.717) is 25.6 Å². The lowest BCUT2D eigenvalue weighted by atomic mass is 10.2. The highest BCUT2D eigenvalue weighted by Crippen LogP contribution is 2.03. The summed E-state index contributed by atoms with van der Waals surface area (Å²) >= 11 is 0. The topological polar surface area (TPSA) is 82.2 Å². The van der Waals surface area contributed by atoms with Crippen LogP contribution in [0, 0.1) is 0 Å². The average molecular weight is 196 g/mol. The summed E-state index contributed by atoms with van der Waals surface area (Å²) in [5.74, 6) is 0.176. The van der Waals surface area contributed by atoms with Gasteiger partial charge < -0.3 is 15.8 Å². The fourth-order valence-electron chi connectivity index (χ4n) is 1.37. The van der Waals surface area contributed by atoms with Gasteiger partial charge in [0.2, 0.25) is 0 Å². The predicted octanol–water partition coefficient (Wildman–Crippen LogP) is -0.906. The molecular weight excluding hydrogens is 184 g/mol. The number of nitrogens with zero attached hydrogens (tertiary/aromatic N) is 2. The Morgan fingerprint density at radius 1 is 1.79 bits per heavy atom. The lowest BCUT2D eigenvalue weighted by Crippen LogP contribution is -2.48. The molecule has 1 aromatic heterocycles. The van der Waals surface area contributed by atoms with Gasteiger partial charge in [-0.25, -0.2) is 0 Å². The van der Waals surface area contributed by atoms with E-state index in [1.54, 1.807) is 6.07 Å². The number of nitrogens with one attached hydrogen (secondary N) is 1. The number of morpholine rings is 1. The van der Waals surface area contributed by atoms with Crippen LogP contribution in [0.4, 0.5) is 5.82 Å². The highest BCUT2D eigenvalue weighted by atomic mass is 16.5. The van der Waals surface area contributed by atoms with Crippen LogP contribution < -0.4 is 11.1 Å². The van der Waals surface area contributed by atoms with E-state index >= 15 is 0 Å². The minimum absolute atomic E-state index is 0.174. The molecule has 0 spiro atoms. The molecular formula is C8H12N4O2. The lowest BCUT2D eigenvalue weighted by Gasteiger charge is -2.22. The van der Waals surface area contributed by atoms with Gasteiger partial charge in [-0.3, -0.25) is 4.79 Å². The van der Waals surface area contributed by atoms with Crippen molar-refractivity contribution in [3.63, 3.8) is 0 Å². The molecule has 0 amide bonds. The predicted molar refractivity (Wildman–Crippen MR) is 49.9 cm³/mol. The first kappa shape index (κ1) is 9.17. The van der Waals surface area contributed by atoms with Gasteiger partial charge in [-0.2, -0.15) is 9.78 Å². The molecule has 0 saturated carbocycles. The molecule has 6 nitrogen and oxygen atoms in total. The summed E-state index contributed by atoms with van der Waals surface area (Å²) in [6.45, 7) is 1.69. The lowest BCUT2D eigenvalue weighted by molar-refractivity contribution is 0.0535. The second kappa shape index (κ2) is 3.77. The number of hydrogen-bond donors (Lipinski definition) is 2. The number of hydrogen-bond acceptors (Lipinski definition) is 5. The molecule has 2 heterocycles. The zero-order valence-electron chi connectivity index (χ0n) is 7.64. The van der Waals surface area contributed by atoms with Crippen molar-refractivity contribution >= 4 is 11.7 Å². The van der Waals surface area contributed by atoms with Crippen LogP contribution in [0.25, 0.3) is 0 Å². The summed E-state index contributed by atoms with van der Waals surface area (Å²) in [5, 5.41) is 6.88. The van der Waals surface area contributed by atoms with Crippen molar-refractivity contribution in [2.24, 2.45) is 0 Å². The summed E-state index contributed by atoms with van der Waals surface area (Å²) in [4.78, 5) is 11.8. The molecule has 1 aliphatic heterocycles. The molecule has 0 aromatic carbocycles. The molecule has 76 valence electrons. The van der Waals surface area contributed by atoms with Crippen molar-refractivity contribution in [1.29, 1.82) is 0 Å². The molecule has 6 heteroatoms. The molecule has 1 fully saturated rings. The van der Waals surface area contributed by atoms with E-state index in [1.807, 2.05) is 0 Å². The fraction of sp³-hybridized carbons (Fsp3) is 0.500. The van der Waals surface area contributed by atoms with E-state index < -0.39 is 0 Å². The first-order valence-corrected chi connectivity index (χ1v) is 4.44. The van der Waals surface area contributed by atoms with E-state index in [1.165, 1.54) is 10.9 Å². The summed E-state index contributed by atoms with van der Waals surface area (Å²) in [6.07, 6.45) is 1.50. The van der Waals surface area contributed by atoms with Gasteiger partial charge in [0, 0.05) is 12.6 Å². The smallest absolute Gasteiger partial charge is 0.268 e. The number of aromatic nitrogens is 2. The average Bonchev–Trinajstić information content (AvgIpc) is 2.65. The van der Waals surface area contributed by atoms with Gasteiger partial charge in [-0.05, 0) is 0 Å². The highest BCUT2D eigenvalue weighted by Gasteiger charge is 2.23. The van der Waals surface area contributed by atoms with Gasteiger partial charge in [0.15, 0.2) is 0 Å². The molecule has 0 aliphatic carbocycles. The molecule has 2 rings (SSSR count). The fourth-order valence-corrected chi connectivity index (χ4v) is 1.37. The number of rotatable bonds is 1. The molecule has 14 heavy (non-hydrogen) atoms. The maximum Gasteiger partial charge on any atom is 0.268 e. The number of nitrogen functional groups attached to an aromatic ring is 1. The summed E-state index contributed by atoms with van der Waals surface area (Å²) < 4.78 is 6.36. The van der Waals surface area contributed by atoms with Crippen LogP contribution in [0.5, 0.6) is 0 Å². The minimum atomic E-state index is -0.342. The van der Waals surface area contributed by atoms with Crippen LogP contribution in [0.2, 0.25) is 0 Å². The van der Waals surface area contributed by atoms with Crippen LogP contribution in [0.1, 0.15) is 4.79 Å². The van der Waals surface area contributed by atoms with Crippen molar-refractivity contribution in [3.8, 4) is 0 Å². The summed E-state index contributed by atoms with van der Waals surface area (Å²) in [5.41, 5.74) is 5.56. The summed E-state index contributed by atoms with van der Waals surface area (Å²) in [6, 6.07) is 1.24. The van der Waals surface area contributed by atoms with E-state index in [4.69, 9.17) is 10.5 Å². The largest absolute Gasteiger partial charge is 0.383 e. The second-order valence-corrected chi connectivity index (χ2v) is 3.09. The Bertz CT molecular complexity index is 330. The quantitative estimate of drug-likeness (QED) is 0.608. The molecule has 0 radical (unpaired) electrons. The van der Waals surface area contributed by atoms with Gasteiger partial charge >= 0.3 is 0 Å². The third-order valence-electron chi connectivity index (χ3n) is 2.10.